The molecule has 258 valence electrons. The second-order valence-corrected chi connectivity index (χ2v) is 11.4. The van der Waals surface area contributed by atoms with Crippen LogP contribution in [0.15, 0.2) is 119 Å². The molecule has 1 unspecified atom stereocenters. The van der Waals surface area contributed by atoms with E-state index < -0.39 is 18.0 Å². The lowest BCUT2D eigenvalue weighted by molar-refractivity contribution is 0.0547. The molecule has 0 bridgehead atoms. The van der Waals surface area contributed by atoms with Crippen molar-refractivity contribution in [3.05, 3.63) is 164 Å². The average Bonchev–Trinajstić information content (AvgIpc) is 3.59. The molecule has 1 atom stereocenters. The van der Waals surface area contributed by atoms with Gasteiger partial charge in [-0.2, -0.15) is 15.8 Å². The van der Waals surface area contributed by atoms with Crippen molar-refractivity contribution in [2.75, 3.05) is 26.3 Å². The Hall–Kier alpha value is -7.74. The molecule has 2 aliphatic rings. The molecule has 0 amide bonds. The highest BCUT2D eigenvalue weighted by Crippen LogP contribution is 2.36. The fourth-order valence-corrected chi connectivity index (χ4v) is 5.86. The molecule has 12 nitrogen and oxygen atoms in total. The van der Waals surface area contributed by atoms with Crippen molar-refractivity contribution in [1.82, 2.24) is 4.90 Å². The first-order chi connectivity index (χ1) is 25.7. The molecular weight excluding hydrogens is 670 g/mol. The van der Waals surface area contributed by atoms with E-state index in [0.717, 1.165) is 16.8 Å². The van der Waals surface area contributed by atoms with Crippen molar-refractivity contribution in [2.24, 2.45) is 0 Å². The van der Waals surface area contributed by atoms with Crippen LogP contribution in [0.3, 0.4) is 0 Å². The zero-order valence-electron chi connectivity index (χ0n) is 28.2. The summed E-state index contributed by atoms with van der Waals surface area (Å²) >= 11 is 0. The maximum Gasteiger partial charge on any atom is 0.335 e. The average molecular weight is 700 g/mol. The molecular formula is C41H29N7O5. The molecule has 1 fully saturated rings. The van der Waals surface area contributed by atoms with E-state index in [4.69, 9.17) is 17.9 Å². The van der Waals surface area contributed by atoms with E-state index >= 15 is 0 Å². The molecule has 2 aromatic rings. The van der Waals surface area contributed by atoms with E-state index in [1.807, 2.05) is 24.3 Å². The molecule has 0 aromatic heterocycles. The van der Waals surface area contributed by atoms with Gasteiger partial charge in [0, 0.05) is 24.4 Å². The summed E-state index contributed by atoms with van der Waals surface area (Å²) in [5.74, 6) is -2.27. The van der Waals surface area contributed by atoms with Gasteiger partial charge in [-0.15, -0.1) is 0 Å². The highest BCUT2D eigenvalue weighted by Gasteiger charge is 2.26. The van der Waals surface area contributed by atoms with E-state index in [-0.39, 0.29) is 39.1 Å². The number of allylic oxidation sites excluding steroid dienone is 12. The minimum absolute atomic E-state index is 0.0154. The predicted molar refractivity (Wildman–Crippen MR) is 193 cm³/mol. The maximum atomic E-state index is 11.4. The minimum Gasteiger partial charge on any atom is -0.478 e. The van der Waals surface area contributed by atoms with Gasteiger partial charge >= 0.3 is 18.0 Å². The molecule has 0 radical (unpaired) electrons. The smallest absolute Gasteiger partial charge is 0.335 e. The van der Waals surface area contributed by atoms with E-state index in [9.17, 15) is 40.8 Å². The van der Waals surface area contributed by atoms with Crippen molar-refractivity contribution >= 4 is 23.1 Å². The second-order valence-electron chi connectivity index (χ2n) is 11.4. The number of benzene rings is 2. The first kappa shape index (κ1) is 38.1. The topological polar surface area (TPSA) is 191 Å². The van der Waals surface area contributed by atoms with Crippen LogP contribution >= 0.6 is 0 Å². The van der Waals surface area contributed by atoms with Gasteiger partial charge < -0.3 is 19.8 Å². The van der Waals surface area contributed by atoms with Crippen LogP contribution in [0.2, 0.25) is 0 Å². The Bertz CT molecular complexity index is 2250. The Kier molecular flexibility index (Phi) is 13.2. The van der Waals surface area contributed by atoms with Gasteiger partial charge in [0.1, 0.15) is 0 Å². The van der Waals surface area contributed by atoms with Gasteiger partial charge in [-0.05, 0) is 71.5 Å². The maximum absolute atomic E-state index is 11.4. The lowest BCUT2D eigenvalue weighted by Gasteiger charge is -2.31. The van der Waals surface area contributed by atoms with Gasteiger partial charge in [-0.1, -0.05) is 48.6 Å². The number of morpholine rings is 1. The minimum atomic E-state index is -1.30. The largest absolute Gasteiger partial charge is 0.478 e. The van der Waals surface area contributed by atoms with Crippen molar-refractivity contribution in [3.63, 3.8) is 0 Å². The number of carboxylic acid groups (broad SMARTS) is 2. The highest BCUT2D eigenvalue weighted by molar-refractivity contribution is 5.91. The number of aromatic carboxylic acids is 2. The lowest BCUT2D eigenvalue weighted by Crippen LogP contribution is -2.36. The second kappa shape index (κ2) is 18.3. The van der Waals surface area contributed by atoms with E-state index in [2.05, 4.69) is 26.7 Å². The van der Waals surface area contributed by atoms with Gasteiger partial charge in [0.15, 0.2) is 6.07 Å². The third-order valence-corrected chi connectivity index (χ3v) is 8.36. The monoisotopic (exact) mass is 699 g/mol. The quantitative estimate of drug-likeness (QED) is 0.142. The first-order valence-corrected chi connectivity index (χ1v) is 16.0. The first-order valence-electron chi connectivity index (χ1n) is 16.0. The van der Waals surface area contributed by atoms with Crippen LogP contribution in [0.5, 0.6) is 0 Å². The molecule has 1 heterocycles. The van der Waals surface area contributed by atoms with Crippen LogP contribution < -0.4 is 0 Å². The Balaban J connectivity index is 1.76. The Morgan fingerprint density at radius 3 is 1.94 bits per heavy atom. The zero-order chi connectivity index (χ0) is 38.3. The normalized spacial score (nSPS) is 16.8. The molecule has 4 rings (SSSR count). The van der Waals surface area contributed by atoms with Gasteiger partial charge in [-0.3, -0.25) is 4.85 Å². The zero-order valence-corrected chi connectivity index (χ0v) is 28.2. The summed E-state index contributed by atoms with van der Waals surface area (Å²) < 4.78 is 5.57. The summed E-state index contributed by atoms with van der Waals surface area (Å²) in [5, 5.41) is 58.1. The van der Waals surface area contributed by atoms with Crippen LogP contribution in [0, 0.1) is 58.5 Å². The lowest BCUT2D eigenvalue weighted by atomic mass is 9.93. The number of nitrogens with zero attached hydrogens (tertiary/aromatic N) is 7. The summed E-state index contributed by atoms with van der Waals surface area (Å²) in [5.41, 5.74) is 3.68. The third-order valence-electron chi connectivity index (χ3n) is 8.36. The number of carboxylic acids is 2. The molecule has 1 aliphatic heterocycles. The third kappa shape index (κ3) is 9.09. The Morgan fingerprint density at radius 1 is 0.830 bits per heavy atom. The van der Waals surface area contributed by atoms with Crippen LogP contribution in [-0.2, 0) is 4.74 Å². The molecule has 53 heavy (non-hydrogen) atoms. The summed E-state index contributed by atoms with van der Waals surface area (Å²) in [6.07, 6.45) is 11.4. The standard InChI is InChI=1S/C41H29N7O5/c1-46-35(25-44)37(27-9-15-31(16-10-27)40(49)50)33(23-42)7-3-5-29-13-14-30(39(29)48-19-21-53-22-20-48)6-4-8-34(24-43)38(36(26-45)47-2)28-11-17-32(18-12-28)41(51)52/h3-12,15-18,35H,13-14,19-22H2,(H,49,50)(H,51,52). The molecule has 1 aliphatic carbocycles. The van der Waals surface area contributed by atoms with E-state index in [1.54, 1.807) is 12.2 Å². The van der Waals surface area contributed by atoms with E-state index in [0.29, 0.717) is 50.3 Å². The van der Waals surface area contributed by atoms with Crippen LogP contribution in [-0.4, -0.2) is 59.4 Å². The summed E-state index contributed by atoms with van der Waals surface area (Å²) in [4.78, 5) is 31.6. The van der Waals surface area contributed by atoms with Crippen molar-refractivity contribution in [2.45, 2.75) is 18.9 Å². The van der Waals surface area contributed by atoms with Crippen molar-refractivity contribution in [1.29, 1.82) is 21.0 Å². The summed E-state index contributed by atoms with van der Waals surface area (Å²) in [6, 6.07) is 17.8. The van der Waals surface area contributed by atoms with Gasteiger partial charge in [-0.25, -0.2) is 26.3 Å². The molecule has 2 N–H and O–H groups in total. The van der Waals surface area contributed by atoms with Crippen LogP contribution in [0.4, 0.5) is 0 Å². The fourth-order valence-electron chi connectivity index (χ4n) is 5.86. The Labute approximate surface area is 306 Å². The SMILES string of the molecule is [C-]#[N+]C(C#N)=C(C(C#N)=CC=CC1=C(N2CCOCC2)C(=CC=CC(C#N)=C(c2ccc(C(=O)O)cc2)C(C#N)[N+]#[C-])CC1)c1ccc(C(=O)O)cc1. The fraction of sp³-hybridized carbons (Fsp3) is 0.171. The number of rotatable bonds is 11. The van der Waals surface area contributed by atoms with Crippen LogP contribution in [0.1, 0.15) is 44.7 Å². The van der Waals surface area contributed by atoms with Crippen LogP contribution in [0.25, 0.3) is 20.8 Å². The van der Waals surface area contributed by atoms with E-state index in [1.165, 1.54) is 60.7 Å². The molecule has 2 aromatic carbocycles. The summed E-state index contributed by atoms with van der Waals surface area (Å²) in [7, 11) is 0. The molecule has 0 saturated carbocycles. The summed E-state index contributed by atoms with van der Waals surface area (Å²) in [6.45, 7) is 17.3. The highest BCUT2D eigenvalue weighted by atomic mass is 16.5. The van der Waals surface area contributed by atoms with Gasteiger partial charge in [0.05, 0.1) is 65.8 Å². The molecule has 1 saturated heterocycles. The van der Waals surface area contributed by atoms with Crippen molar-refractivity contribution < 1.29 is 24.5 Å². The number of hydrogen-bond acceptors (Lipinski definition) is 8. The number of hydrogen-bond donors (Lipinski definition) is 2. The molecule has 12 heteroatoms. The van der Waals surface area contributed by atoms with Gasteiger partial charge in [0.2, 0.25) is 0 Å². The number of ether oxygens (including phenoxy) is 1. The van der Waals surface area contributed by atoms with Crippen molar-refractivity contribution in [3.8, 4) is 24.3 Å². The number of nitriles is 4. The molecule has 0 spiro atoms. The predicted octanol–water partition coefficient (Wildman–Crippen LogP) is 6.89. The Morgan fingerprint density at radius 2 is 1.43 bits per heavy atom. The number of carbonyl (C=O) groups is 2. The van der Waals surface area contributed by atoms with Gasteiger partial charge in [0.25, 0.3) is 5.70 Å².